The topological polar surface area (TPSA) is 139 Å². The van der Waals surface area contributed by atoms with Gasteiger partial charge in [-0.1, -0.05) is 6.07 Å². The van der Waals surface area contributed by atoms with Gasteiger partial charge in [0.15, 0.2) is 11.3 Å². The standard InChI is InChI=1S/C13H18N4O5S/c18-6-8-9(19)10(20)11(21)12(22-8)16-13(23)17-15-5-7-3-1-2-4-14-7/h1-5,8-12,18-21H,6H2,(H2,16,17,23)/b15-5+/t8-,9-,10+,11-,12-/m1/s1. The average Bonchev–Trinajstić information content (AvgIpc) is 2.56. The van der Waals surface area contributed by atoms with Crippen LogP contribution in [-0.4, -0.2) is 74.0 Å². The number of aromatic nitrogens is 1. The van der Waals surface area contributed by atoms with Gasteiger partial charge in [-0.25, -0.2) is 0 Å². The molecule has 6 N–H and O–H groups in total. The molecule has 0 spiro atoms. The van der Waals surface area contributed by atoms with Gasteiger partial charge in [-0.2, -0.15) is 5.10 Å². The smallest absolute Gasteiger partial charge is 0.189 e. The molecule has 5 atom stereocenters. The molecule has 0 aliphatic carbocycles. The van der Waals surface area contributed by atoms with E-state index in [1.54, 1.807) is 24.4 Å². The number of pyridine rings is 1. The molecule has 0 amide bonds. The molecular formula is C13H18N4O5S. The van der Waals surface area contributed by atoms with Gasteiger partial charge in [0, 0.05) is 6.20 Å². The summed E-state index contributed by atoms with van der Waals surface area (Å²) in [7, 11) is 0. The highest BCUT2D eigenvalue weighted by molar-refractivity contribution is 7.80. The van der Waals surface area contributed by atoms with Crippen molar-refractivity contribution in [3.8, 4) is 0 Å². The molecule has 10 heteroatoms. The van der Waals surface area contributed by atoms with E-state index < -0.39 is 37.3 Å². The van der Waals surface area contributed by atoms with Crippen LogP contribution < -0.4 is 10.7 Å². The van der Waals surface area contributed by atoms with E-state index in [2.05, 4.69) is 20.8 Å². The van der Waals surface area contributed by atoms with Crippen molar-refractivity contribution in [3.05, 3.63) is 30.1 Å². The molecule has 2 rings (SSSR count). The molecule has 0 unspecified atom stereocenters. The third kappa shape index (κ3) is 4.64. The number of rotatable bonds is 4. The molecule has 0 radical (unpaired) electrons. The van der Waals surface area contributed by atoms with Crippen LogP contribution in [0.3, 0.4) is 0 Å². The summed E-state index contributed by atoms with van der Waals surface area (Å²) in [5.41, 5.74) is 3.13. The predicted molar refractivity (Wildman–Crippen MR) is 84.5 cm³/mol. The maximum absolute atomic E-state index is 9.86. The first-order valence-corrected chi connectivity index (χ1v) is 7.25. The van der Waals surface area contributed by atoms with E-state index in [9.17, 15) is 15.3 Å². The van der Waals surface area contributed by atoms with Gasteiger partial charge in [0.2, 0.25) is 0 Å². The van der Waals surface area contributed by atoms with Crippen LogP contribution in [0.25, 0.3) is 0 Å². The Morgan fingerprint density at radius 3 is 2.74 bits per heavy atom. The maximum atomic E-state index is 9.86. The van der Waals surface area contributed by atoms with Crippen molar-refractivity contribution >= 4 is 23.5 Å². The van der Waals surface area contributed by atoms with E-state index in [0.717, 1.165) is 0 Å². The lowest BCUT2D eigenvalue weighted by Gasteiger charge is -2.40. The minimum atomic E-state index is -1.47. The third-order valence-corrected chi connectivity index (χ3v) is 3.43. The van der Waals surface area contributed by atoms with Crippen LogP contribution in [0.15, 0.2) is 29.5 Å². The molecule has 2 heterocycles. The van der Waals surface area contributed by atoms with Gasteiger partial charge in [-0.15, -0.1) is 0 Å². The van der Waals surface area contributed by atoms with E-state index in [0.29, 0.717) is 5.69 Å². The van der Waals surface area contributed by atoms with Gasteiger partial charge in [-0.3, -0.25) is 10.4 Å². The third-order valence-electron chi connectivity index (χ3n) is 3.22. The normalized spacial score (nSPS) is 31.0. The summed E-state index contributed by atoms with van der Waals surface area (Å²) in [6, 6.07) is 5.33. The highest BCUT2D eigenvalue weighted by atomic mass is 32.1. The van der Waals surface area contributed by atoms with Crippen molar-refractivity contribution in [2.24, 2.45) is 5.10 Å². The molecule has 1 fully saturated rings. The fourth-order valence-corrected chi connectivity index (χ4v) is 2.16. The number of nitrogens with zero attached hydrogens (tertiary/aromatic N) is 2. The Balaban J connectivity index is 1.88. The first kappa shape index (κ1) is 17.7. The molecule has 1 aliphatic rings. The van der Waals surface area contributed by atoms with E-state index in [4.69, 9.17) is 22.1 Å². The number of aliphatic hydroxyl groups excluding tert-OH is 4. The maximum Gasteiger partial charge on any atom is 0.189 e. The number of ether oxygens (including phenoxy) is 1. The summed E-state index contributed by atoms with van der Waals surface area (Å²) < 4.78 is 5.25. The molecule has 1 aromatic rings. The second-order valence-corrected chi connectivity index (χ2v) is 5.26. The highest BCUT2D eigenvalue weighted by Gasteiger charge is 2.43. The summed E-state index contributed by atoms with van der Waals surface area (Å²) in [6.45, 7) is -0.513. The summed E-state index contributed by atoms with van der Waals surface area (Å²) in [6.07, 6.45) is -3.36. The molecule has 1 aliphatic heterocycles. The summed E-state index contributed by atoms with van der Waals surface area (Å²) in [5.74, 6) is 0. The fraction of sp³-hybridized carbons (Fsp3) is 0.462. The van der Waals surface area contributed by atoms with Crippen molar-refractivity contribution in [1.82, 2.24) is 15.7 Å². The van der Waals surface area contributed by atoms with Crippen LogP contribution >= 0.6 is 12.2 Å². The summed E-state index contributed by atoms with van der Waals surface area (Å²) in [4.78, 5) is 4.04. The second-order valence-electron chi connectivity index (χ2n) is 4.85. The Bertz CT molecular complexity index is 544. The first-order chi connectivity index (χ1) is 11.0. The quantitative estimate of drug-likeness (QED) is 0.202. The predicted octanol–water partition coefficient (Wildman–Crippen LogP) is -2.32. The number of hydrogen-bond acceptors (Lipinski definition) is 8. The molecule has 1 saturated heterocycles. The van der Waals surface area contributed by atoms with Gasteiger partial charge < -0.3 is 30.5 Å². The SMILES string of the molecule is OC[C@H]1O[C@@H](NC(=S)N/N=C/c2ccccn2)[C@H](O)[C@@H](O)[C@@H]1O. The molecule has 1 aromatic heterocycles. The molecule has 0 saturated carbocycles. The number of hydrogen-bond donors (Lipinski definition) is 6. The molecule has 23 heavy (non-hydrogen) atoms. The van der Waals surface area contributed by atoms with Crippen LogP contribution in [-0.2, 0) is 4.74 Å². The zero-order chi connectivity index (χ0) is 16.8. The lowest BCUT2D eigenvalue weighted by Crippen LogP contribution is -2.63. The fourth-order valence-electron chi connectivity index (χ4n) is 1.99. The number of thiocarbonyl (C=S) groups is 1. The average molecular weight is 342 g/mol. The molecule has 126 valence electrons. The van der Waals surface area contributed by atoms with Crippen LogP contribution in [0.2, 0.25) is 0 Å². The second kappa shape index (κ2) is 8.24. The van der Waals surface area contributed by atoms with E-state index in [1.807, 2.05) is 0 Å². The van der Waals surface area contributed by atoms with Gasteiger partial charge in [0.05, 0.1) is 18.5 Å². The van der Waals surface area contributed by atoms with E-state index >= 15 is 0 Å². The van der Waals surface area contributed by atoms with E-state index in [-0.39, 0.29) is 5.11 Å². The van der Waals surface area contributed by atoms with Crippen molar-refractivity contribution in [3.63, 3.8) is 0 Å². The van der Waals surface area contributed by atoms with Gasteiger partial charge in [0.1, 0.15) is 24.4 Å². The molecule has 9 nitrogen and oxygen atoms in total. The molecule has 0 bridgehead atoms. The van der Waals surface area contributed by atoms with Crippen molar-refractivity contribution in [1.29, 1.82) is 0 Å². The summed E-state index contributed by atoms with van der Waals surface area (Å²) in [5, 5.41) is 44.8. The number of aliphatic hydroxyl groups is 4. The monoisotopic (exact) mass is 342 g/mol. The largest absolute Gasteiger partial charge is 0.394 e. The van der Waals surface area contributed by atoms with Crippen LogP contribution in [0.4, 0.5) is 0 Å². The Hall–Kier alpha value is -1.69. The van der Waals surface area contributed by atoms with Crippen LogP contribution in [0, 0.1) is 0 Å². The Kier molecular flexibility index (Phi) is 6.33. The van der Waals surface area contributed by atoms with Crippen LogP contribution in [0.5, 0.6) is 0 Å². The van der Waals surface area contributed by atoms with Crippen molar-refractivity contribution in [2.45, 2.75) is 30.6 Å². The Labute approximate surface area is 137 Å². The lowest BCUT2D eigenvalue weighted by atomic mass is 9.98. The molecule has 0 aromatic carbocycles. The summed E-state index contributed by atoms with van der Waals surface area (Å²) >= 11 is 4.99. The highest BCUT2D eigenvalue weighted by Crippen LogP contribution is 2.19. The minimum Gasteiger partial charge on any atom is -0.394 e. The zero-order valence-electron chi connectivity index (χ0n) is 12.0. The van der Waals surface area contributed by atoms with E-state index in [1.165, 1.54) is 6.21 Å². The lowest BCUT2D eigenvalue weighted by molar-refractivity contribution is -0.232. The Morgan fingerprint density at radius 2 is 2.09 bits per heavy atom. The van der Waals surface area contributed by atoms with Crippen molar-refractivity contribution in [2.75, 3.05) is 6.61 Å². The van der Waals surface area contributed by atoms with Gasteiger partial charge >= 0.3 is 0 Å². The van der Waals surface area contributed by atoms with Crippen LogP contribution in [0.1, 0.15) is 5.69 Å². The number of hydrazone groups is 1. The first-order valence-electron chi connectivity index (χ1n) is 6.84. The minimum absolute atomic E-state index is 0.0292. The van der Waals surface area contributed by atoms with Crippen molar-refractivity contribution < 1.29 is 25.2 Å². The Morgan fingerprint density at radius 1 is 1.30 bits per heavy atom. The molecular weight excluding hydrogens is 324 g/mol. The number of nitrogens with one attached hydrogen (secondary N) is 2. The van der Waals surface area contributed by atoms with Gasteiger partial charge in [0.25, 0.3) is 0 Å². The zero-order valence-corrected chi connectivity index (χ0v) is 12.8. The van der Waals surface area contributed by atoms with Gasteiger partial charge in [-0.05, 0) is 24.4 Å².